The van der Waals surface area contributed by atoms with Crippen LogP contribution in [-0.2, 0) is 0 Å². The minimum Gasteiger partial charge on any atom is -0.417 e. The Bertz CT molecular complexity index is 1040. The molecule has 0 N–H and O–H groups in total. The second-order valence-corrected chi connectivity index (χ2v) is 6.56. The number of nitrogens with zero attached hydrogens (tertiary/aromatic N) is 5. The van der Waals surface area contributed by atoms with E-state index in [1.807, 2.05) is 36.4 Å². The molecule has 6 nitrogen and oxygen atoms in total. The molecule has 0 aliphatic carbocycles. The first-order chi connectivity index (χ1) is 13.4. The molecule has 0 radical (unpaired) electrons. The van der Waals surface area contributed by atoms with E-state index in [1.165, 1.54) is 5.69 Å². The summed E-state index contributed by atoms with van der Waals surface area (Å²) in [6.07, 6.45) is 1.75. The third-order valence-electron chi connectivity index (χ3n) is 4.84. The molecule has 0 saturated carbocycles. The van der Waals surface area contributed by atoms with Crippen LogP contribution in [-0.4, -0.2) is 41.1 Å². The number of hydrogen-bond donors (Lipinski definition) is 0. The predicted octanol–water partition coefficient (Wildman–Crippen LogP) is 3.61. The van der Waals surface area contributed by atoms with Crippen molar-refractivity contribution >= 4 is 22.9 Å². The Morgan fingerprint density at radius 2 is 1.41 bits per heavy atom. The molecular formula is C21H19N5O. The van der Waals surface area contributed by atoms with Gasteiger partial charge in [0.25, 0.3) is 5.71 Å². The van der Waals surface area contributed by atoms with Crippen molar-refractivity contribution in [3.05, 3.63) is 66.9 Å². The fourth-order valence-corrected chi connectivity index (χ4v) is 3.39. The standard InChI is InChI=1S/C21H19N5O/c1-3-7-16(8-4-1)19-23-18-15-22-21(24-20(18)27-19)26-13-11-25(12-14-26)17-9-5-2-6-10-17/h1-10,15H,11-14H2. The van der Waals surface area contributed by atoms with E-state index in [0.29, 0.717) is 23.1 Å². The normalized spacial score (nSPS) is 14.7. The minimum absolute atomic E-state index is 0.532. The summed E-state index contributed by atoms with van der Waals surface area (Å²) >= 11 is 0. The monoisotopic (exact) mass is 357 g/mol. The number of oxazole rings is 1. The molecule has 0 unspecified atom stereocenters. The minimum atomic E-state index is 0.532. The van der Waals surface area contributed by atoms with Gasteiger partial charge in [0.05, 0.1) is 6.20 Å². The highest BCUT2D eigenvalue weighted by Crippen LogP contribution is 2.24. The van der Waals surface area contributed by atoms with E-state index in [0.717, 1.165) is 31.7 Å². The SMILES string of the molecule is c1ccc(-c2nc3cnc(N4CCN(c5ccccc5)CC4)nc3o2)cc1. The van der Waals surface area contributed by atoms with Crippen LogP contribution in [0.25, 0.3) is 22.7 Å². The van der Waals surface area contributed by atoms with Gasteiger partial charge in [-0.05, 0) is 24.3 Å². The highest BCUT2D eigenvalue weighted by atomic mass is 16.4. The second kappa shape index (κ2) is 6.72. The number of aromatic nitrogens is 3. The number of hydrogen-bond acceptors (Lipinski definition) is 6. The number of fused-ring (bicyclic) bond motifs is 1. The molecule has 5 rings (SSSR count). The fourth-order valence-electron chi connectivity index (χ4n) is 3.39. The number of rotatable bonds is 3. The van der Waals surface area contributed by atoms with Gasteiger partial charge in [-0.1, -0.05) is 36.4 Å². The van der Waals surface area contributed by atoms with Crippen LogP contribution in [0, 0.1) is 0 Å². The van der Waals surface area contributed by atoms with Gasteiger partial charge in [-0.3, -0.25) is 0 Å². The van der Waals surface area contributed by atoms with E-state index in [1.54, 1.807) is 6.20 Å². The van der Waals surface area contributed by atoms with Gasteiger partial charge in [-0.15, -0.1) is 0 Å². The zero-order chi connectivity index (χ0) is 18.1. The summed E-state index contributed by atoms with van der Waals surface area (Å²) in [5, 5.41) is 0. The van der Waals surface area contributed by atoms with E-state index >= 15 is 0 Å². The van der Waals surface area contributed by atoms with Crippen LogP contribution >= 0.6 is 0 Å². The van der Waals surface area contributed by atoms with Crippen molar-refractivity contribution in [3.8, 4) is 11.5 Å². The summed E-state index contributed by atoms with van der Waals surface area (Å²) in [4.78, 5) is 18.2. The van der Waals surface area contributed by atoms with Crippen molar-refractivity contribution in [2.24, 2.45) is 0 Å². The average molecular weight is 357 g/mol. The first-order valence-corrected chi connectivity index (χ1v) is 9.11. The van der Waals surface area contributed by atoms with Crippen molar-refractivity contribution < 1.29 is 4.42 Å². The highest BCUT2D eigenvalue weighted by Gasteiger charge is 2.20. The lowest BCUT2D eigenvalue weighted by Crippen LogP contribution is -2.47. The lowest BCUT2D eigenvalue weighted by molar-refractivity contribution is 0.601. The molecule has 4 aromatic rings. The van der Waals surface area contributed by atoms with E-state index in [4.69, 9.17) is 4.42 Å². The third kappa shape index (κ3) is 3.10. The van der Waals surface area contributed by atoms with Gasteiger partial charge in [-0.2, -0.15) is 4.98 Å². The van der Waals surface area contributed by atoms with Crippen LogP contribution in [0.2, 0.25) is 0 Å². The summed E-state index contributed by atoms with van der Waals surface area (Å²) in [6, 6.07) is 20.4. The van der Waals surface area contributed by atoms with Crippen molar-refractivity contribution in [2.75, 3.05) is 36.0 Å². The Labute approximate surface area is 157 Å². The maximum atomic E-state index is 5.88. The number of benzene rings is 2. The van der Waals surface area contributed by atoms with E-state index < -0.39 is 0 Å². The largest absolute Gasteiger partial charge is 0.417 e. The van der Waals surface area contributed by atoms with Gasteiger partial charge >= 0.3 is 0 Å². The molecule has 1 aliphatic rings. The van der Waals surface area contributed by atoms with Gasteiger partial charge in [0.2, 0.25) is 11.8 Å². The molecule has 1 saturated heterocycles. The molecule has 27 heavy (non-hydrogen) atoms. The van der Waals surface area contributed by atoms with Crippen LogP contribution < -0.4 is 9.80 Å². The fraction of sp³-hybridized carbons (Fsp3) is 0.190. The summed E-state index contributed by atoms with van der Waals surface area (Å²) in [6.45, 7) is 3.63. The first-order valence-electron chi connectivity index (χ1n) is 9.11. The maximum Gasteiger partial charge on any atom is 0.252 e. The lowest BCUT2D eigenvalue weighted by atomic mass is 10.2. The van der Waals surface area contributed by atoms with Gasteiger partial charge in [0.1, 0.15) is 5.52 Å². The Balaban J connectivity index is 1.35. The van der Waals surface area contributed by atoms with Crippen LogP contribution in [0.4, 0.5) is 11.6 Å². The van der Waals surface area contributed by atoms with Crippen LogP contribution in [0.1, 0.15) is 0 Å². The molecule has 2 aromatic heterocycles. The van der Waals surface area contributed by atoms with Gasteiger partial charge in [-0.25, -0.2) is 9.97 Å². The Morgan fingerprint density at radius 1 is 0.741 bits per heavy atom. The molecule has 1 aliphatic heterocycles. The zero-order valence-corrected chi connectivity index (χ0v) is 14.8. The molecule has 0 amide bonds. The predicted molar refractivity (Wildman–Crippen MR) is 106 cm³/mol. The Kier molecular flexibility index (Phi) is 3.93. The summed E-state index contributed by atoms with van der Waals surface area (Å²) in [5.74, 6) is 1.27. The van der Waals surface area contributed by atoms with Gasteiger partial charge in [0, 0.05) is 37.4 Å². The smallest absolute Gasteiger partial charge is 0.252 e. The molecular weight excluding hydrogens is 338 g/mol. The molecule has 134 valence electrons. The van der Waals surface area contributed by atoms with E-state index in [2.05, 4.69) is 49.0 Å². The number of para-hydroxylation sites is 1. The lowest BCUT2D eigenvalue weighted by Gasteiger charge is -2.36. The topological polar surface area (TPSA) is 58.3 Å². The first kappa shape index (κ1) is 15.8. The summed E-state index contributed by atoms with van der Waals surface area (Å²) < 4.78 is 5.88. The summed E-state index contributed by atoms with van der Waals surface area (Å²) in [7, 11) is 0. The van der Waals surface area contributed by atoms with Crippen molar-refractivity contribution in [3.63, 3.8) is 0 Å². The van der Waals surface area contributed by atoms with Crippen molar-refractivity contribution in [2.45, 2.75) is 0 Å². The molecule has 1 fully saturated rings. The number of piperazine rings is 1. The van der Waals surface area contributed by atoms with Crippen molar-refractivity contribution in [1.29, 1.82) is 0 Å². The molecule has 0 spiro atoms. The third-order valence-corrected chi connectivity index (χ3v) is 4.84. The average Bonchev–Trinajstić information content (AvgIpc) is 3.19. The van der Waals surface area contributed by atoms with Crippen LogP contribution in [0.3, 0.4) is 0 Å². The van der Waals surface area contributed by atoms with Crippen molar-refractivity contribution in [1.82, 2.24) is 15.0 Å². The van der Waals surface area contributed by atoms with Crippen LogP contribution in [0.5, 0.6) is 0 Å². The highest BCUT2D eigenvalue weighted by molar-refractivity contribution is 5.72. The second-order valence-electron chi connectivity index (χ2n) is 6.56. The van der Waals surface area contributed by atoms with Gasteiger partial charge in [0.15, 0.2) is 0 Å². The Morgan fingerprint density at radius 3 is 2.15 bits per heavy atom. The van der Waals surface area contributed by atoms with E-state index in [9.17, 15) is 0 Å². The molecule has 0 atom stereocenters. The molecule has 6 heteroatoms. The van der Waals surface area contributed by atoms with E-state index in [-0.39, 0.29) is 0 Å². The molecule has 3 heterocycles. The Hall–Kier alpha value is -3.41. The number of anilines is 2. The van der Waals surface area contributed by atoms with Crippen LogP contribution in [0.15, 0.2) is 71.3 Å². The molecule has 0 bridgehead atoms. The zero-order valence-electron chi connectivity index (χ0n) is 14.8. The molecule has 2 aromatic carbocycles. The maximum absolute atomic E-state index is 5.88. The van der Waals surface area contributed by atoms with Gasteiger partial charge < -0.3 is 14.2 Å². The quantitative estimate of drug-likeness (QED) is 0.558. The summed E-state index contributed by atoms with van der Waals surface area (Å²) in [5.41, 5.74) is 3.41.